The van der Waals surface area contributed by atoms with E-state index in [-0.39, 0.29) is 23.6 Å². The maximum absolute atomic E-state index is 12.8. The Hall–Kier alpha value is -3.15. The molecule has 0 unspecified atom stereocenters. The zero-order valence-electron chi connectivity index (χ0n) is 17.6. The Morgan fingerprint density at radius 3 is 2.43 bits per heavy atom. The molecule has 1 aliphatic carbocycles. The largest absolute Gasteiger partial charge is 0.342 e. The van der Waals surface area contributed by atoms with Crippen molar-refractivity contribution < 1.29 is 14.4 Å². The summed E-state index contributed by atoms with van der Waals surface area (Å²) in [4.78, 5) is 38.5. The molecule has 1 saturated carbocycles. The van der Waals surface area contributed by atoms with Gasteiger partial charge < -0.3 is 15.5 Å². The third-order valence-corrected chi connectivity index (χ3v) is 5.58. The molecule has 3 rings (SSSR count). The second-order valence-corrected chi connectivity index (χ2v) is 7.89. The number of benzene rings is 2. The third kappa shape index (κ3) is 5.69. The van der Waals surface area contributed by atoms with Gasteiger partial charge in [0.15, 0.2) is 0 Å². The van der Waals surface area contributed by atoms with Crippen molar-refractivity contribution in [1.82, 2.24) is 4.90 Å². The lowest BCUT2D eigenvalue weighted by Crippen LogP contribution is -2.25. The highest BCUT2D eigenvalue weighted by molar-refractivity contribution is 6.05. The number of nitrogens with zero attached hydrogens (tertiary/aromatic N) is 1. The molecule has 2 N–H and O–H groups in total. The van der Waals surface area contributed by atoms with Crippen LogP contribution in [0.25, 0.3) is 0 Å². The van der Waals surface area contributed by atoms with E-state index in [1.807, 2.05) is 24.3 Å². The lowest BCUT2D eigenvalue weighted by atomic mass is 9.88. The number of carbonyl (C=O) groups excluding carboxylic acids is 3. The van der Waals surface area contributed by atoms with Gasteiger partial charge in [0.05, 0.1) is 0 Å². The van der Waals surface area contributed by atoms with E-state index in [0.29, 0.717) is 23.5 Å². The van der Waals surface area contributed by atoms with Crippen molar-refractivity contribution in [1.29, 1.82) is 0 Å². The molecule has 1 aliphatic rings. The number of nitrogens with one attached hydrogen (secondary N) is 2. The van der Waals surface area contributed by atoms with Gasteiger partial charge in [-0.1, -0.05) is 43.5 Å². The molecular weight excluding hydrogens is 378 g/mol. The quantitative estimate of drug-likeness (QED) is 0.743. The Bertz CT molecular complexity index is 919. The smallest absolute Gasteiger partial charge is 0.255 e. The fourth-order valence-electron chi connectivity index (χ4n) is 3.69. The standard InChI is InChI=1S/C24H29N3O3/c1-17(28)27(2)16-20-11-6-7-14-22(20)26-24(30)19-12-8-13-21(15-19)25-23(29)18-9-4-3-5-10-18/h6-8,11-15,18H,3-5,9-10,16H2,1-2H3,(H,25,29)(H,26,30). The van der Waals surface area contributed by atoms with Crippen molar-refractivity contribution in [2.75, 3.05) is 17.7 Å². The van der Waals surface area contributed by atoms with Crippen LogP contribution in [0, 0.1) is 5.92 Å². The zero-order chi connectivity index (χ0) is 21.5. The highest BCUT2D eigenvalue weighted by Gasteiger charge is 2.21. The first-order chi connectivity index (χ1) is 14.4. The average Bonchev–Trinajstić information content (AvgIpc) is 2.75. The predicted octanol–water partition coefficient (Wildman–Crippen LogP) is 4.44. The molecule has 0 saturated heterocycles. The molecule has 2 aromatic rings. The molecule has 0 heterocycles. The number of anilines is 2. The van der Waals surface area contributed by atoms with E-state index in [0.717, 1.165) is 31.2 Å². The van der Waals surface area contributed by atoms with Crippen molar-refractivity contribution in [3.63, 3.8) is 0 Å². The van der Waals surface area contributed by atoms with Gasteiger partial charge in [-0.2, -0.15) is 0 Å². The van der Waals surface area contributed by atoms with Gasteiger partial charge in [-0.3, -0.25) is 14.4 Å². The molecule has 0 radical (unpaired) electrons. The van der Waals surface area contributed by atoms with Gasteiger partial charge in [-0.25, -0.2) is 0 Å². The van der Waals surface area contributed by atoms with E-state index in [1.54, 1.807) is 36.2 Å². The van der Waals surface area contributed by atoms with Crippen LogP contribution in [-0.4, -0.2) is 29.7 Å². The summed E-state index contributed by atoms with van der Waals surface area (Å²) in [6.07, 6.45) is 5.25. The fraction of sp³-hybridized carbons (Fsp3) is 0.375. The third-order valence-electron chi connectivity index (χ3n) is 5.58. The molecule has 0 spiro atoms. The van der Waals surface area contributed by atoms with Crippen molar-refractivity contribution in [2.24, 2.45) is 5.92 Å². The molecule has 6 heteroatoms. The van der Waals surface area contributed by atoms with Crippen LogP contribution in [0.5, 0.6) is 0 Å². The second kappa shape index (κ2) is 10.1. The van der Waals surface area contributed by atoms with Crippen LogP contribution in [0.3, 0.4) is 0 Å². The number of carbonyl (C=O) groups is 3. The number of hydrogen-bond donors (Lipinski definition) is 2. The molecular formula is C24H29N3O3. The van der Waals surface area contributed by atoms with Gasteiger partial charge in [-0.15, -0.1) is 0 Å². The van der Waals surface area contributed by atoms with E-state index in [4.69, 9.17) is 0 Å². The van der Waals surface area contributed by atoms with Crippen LogP contribution in [0.15, 0.2) is 48.5 Å². The lowest BCUT2D eigenvalue weighted by Gasteiger charge is -2.21. The topological polar surface area (TPSA) is 78.5 Å². The minimum Gasteiger partial charge on any atom is -0.342 e. The monoisotopic (exact) mass is 407 g/mol. The van der Waals surface area contributed by atoms with Crippen LogP contribution >= 0.6 is 0 Å². The van der Waals surface area contributed by atoms with Gasteiger partial charge in [0.2, 0.25) is 11.8 Å². The van der Waals surface area contributed by atoms with Crippen LogP contribution in [0.2, 0.25) is 0 Å². The van der Waals surface area contributed by atoms with E-state index in [1.165, 1.54) is 13.3 Å². The first-order valence-electron chi connectivity index (χ1n) is 10.5. The molecule has 0 atom stereocenters. The Labute approximate surface area is 177 Å². The Balaban J connectivity index is 1.68. The fourth-order valence-corrected chi connectivity index (χ4v) is 3.69. The van der Waals surface area contributed by atoms with E-state index in [2.05, 4.69) is 10.6 Å². The summed E-state index contributed by atoms with van der Waals surface area (Å²) in [7, 11) is 1.72. The van der Waals surface area contributed by atoms with Crippen molar-refractivity contribution in [3.05, 3.63) is 59.7 Å². The Morgan fingerprint density at radius 1 is 0.967 bits per heavy atom. The SMILES string of the molecule is CC(=O)N(C)Cc1ccccc1NC(=O)c1cccc(NC(=O)C2CCCCC2)c1. The van der Waals surface area contributed by atoms with Crippen molar-refractivity contribution in [2.45, 2.75) is 45.6 Å². The van der Waals surface area contributed by atoms with Crippen LogP contribution < -0.4 is 10.6 Å². The van der Waals surface area contributed by atoms with E-state index < -0.39 is 0 Å². The summed E-state index contributed by atoms with van der Waals surface area (Å²) in [6.45, 7) is 1.91. The van der Waals surface area contributed by atoms with E-state index >= 15 is 0 Å². The molecule has 6 nitrogen and oxygen atoms in total. The summed E-state index contributed by atoms with van der Waals surface area (Å²) >= 11 is 0. The van der Waals surface area contributed by atoms with Gasteiger partial charge in [-0.05, 0) is 42.7 Å². The predicted molar refractivity (Wildman–Crippen MR) is 118 cm³/mol. The minimum atomic E-state index is -0.262. The minimum absolute atomic E-state index is 0.0323. The highest BCUT2D eigenvalue weighted by atomic mass is 16.2. The van der Waals surface area contributed by atoms with Gasteiger partial charge in [0.1, 0.15) is 0 Å². The second-order valence-electron chi connectivity index (χ2n) is 7.89. The maximum Gasteiger partial charge on any atom is 0.255 e. The van der Waals surface area contributed by atoms with Crippen molar-refractivity contribution in [3.8, 4) is 0 Å². The molecule has 2 aromatic carbocycles. The van der Waals surface area contributed by atoms with Crippen LogP contribution in [0.1, 0.15) is 54.9 Å². The summed E-state index contributed by atoms with van der Waals surface area (Å²) in [5.74, 6) is -0.217. The normalized spacial score (nSPS) is 14.1. The molecule has 158 valence electrons. The van der Waals surface area contributed by atoms with Crippen molar-refractivity contribution >= 4 is 29.1 Å². The number of para-hydroxylation sites is 1. The Kier molecular flexibility index (Phi) is 7.22. The Morgan fingerprint density at radius 2 is 1.70 bits per heavy atom. The van der Waals surface area contributed by atoms with Crippen LogP contribution in [0.4, 0.5) is 11.4 Å². The van der Waals surface area contributed by atoms with Gasteiger partial charge >= 0.3 is 0 Å². The maximum atomic E-state index is 12.8. The zero-order valence-corrected chi connectivity index (χ0v) is 17.6. The molecule has 3 amide bonds. The average molecular weight is 408 g/mol. The lowest BCUT2D eigenvalue weighted by molar-refractivity contribution is -0.128. The molecule has 0 aliphatic heterocycles. The molecule has 0 aromatic heterocycles. The van der Waals surface area contributed by atoms with Gasteiger partial charge in [0.25, 0.3) is 5.91 Å². The van der Waals surface area contributed by atoms with Gasteiger partial charge in [0, 0.05) is 43.4 Å². The highest BCUT2D eigenvalue weighted by Crippen LogP contribution is 2.25. The summed E-state index contributed by atoms with van der Waals surface area (Å²) in [5, 5.41) is 5.88. The van der Waals surface area contributed by atoms with E-state index in [9.17, 15) is 14.4 Å². The molecule has 0 bridgehead atoms. The van der Waals surface area contributed by atoms with Crippen LogP contribution in [-0.2, 0) is 16.1 Å². The molecule has 1 fully saturated rings. The summed E-state index contributed by atoms with van der Waals surface area (Å²) in [6, 6.07) is 14.4. The number of amides is 3. The summed E-state index contributed by atoms with van der Waals surface area (Å²) in [5.41, 5.74) is 2.60. The molecule has 30 heavy (non-hydrogen) atoms. The summed E-state index contributed by atoms with van der Waals surface area (Å²) < 4.78 is 0. The first kappa shape index (κ1) is 21.6. The number of rotatable bonds is 6. The number of hydrogen-bond acceptors (Lipinski definition) is 3. The first-order valence-corrected chi connectivity index (χ1v) is 10.5.